The summed E-state index contributed by atoms with van der Waals surface area (Å²) in [5.74, 6) is -0.247. The van der Waals surface area contributed by atoms with E-state index in [9.17, 15) is 4.79 Å². The summed E-state index contributed by atoms with van der Waals surface area (Å²) in [7, 11) is 0. The number of alkyl halides is 1. The number of nitrogens with zero attached hydrogens (tertiary/aromatic N) is 3. The van der Waals surface area contributed by atoms with E-state index in [0.717, 1.165) is 47.9 Å². The molecule has 1 amide bonds. The van der Waals surface area contributed by atoms with E-state index >= 15 is 4.39 Å². The summed E-state index contributed by atoms with van der Waals surface area (Å²) in [6.07, 6.45) is 3.96. The summed E-state index contributed by atoms with van der Waals surface area (Å²) in [6, 6.07) is 4.17. The molecule has 0 N–H and O–H groups in total. The monoisotopic (exact) mass is 417 g/mol. The minimum atomic E-state index is -1.13. The highest BCUT2D eigenvalue weighted by Crippen LogP contribution is 2.36. The number of aryl methyl sites for hydroxylation is 1. The average Bonchev–Trinajstić information content (AvgIpc) is 3.09. The molecule has 3 heterocycles. The van der Waals surface area contributed by atoms with E-state index in [2.05, 4.69) is 17.2 Å². The molecule has 0 spiro atoms. The molecular weight excluding hydrogens is 385 g/mol. The number of likely N-dealkylation sites (tertiary alicyclic amines) is 1. The van der Waals surface area contributed by atoms with Crippen LogP contribution in [0.4, 0.5) is 9.18 Å². The van der Waals surface area contributed by atoms with Crippen LogP contribution in [0.15, 0.2) is 18.3 Å². The van der Waals surface area contributed by atoms with Crippen molar-refractivity contribution >= 4 is 17.0 Å². The van der Waals surface area contributed by atoms with Crippen LogP contribution in [0.2, 0.25) is 0 Å². The SMILES string of the molecule is Cc1cc2cnn(C3CCCCO3)c2cc1[C@@H]1CCN(C(=O)OC(C)(C)C)C[C@@H]1F. The van der Waals surface area contributed by atoms with Gasteiger partial charge in [-0.1, -0.05) is 0 Å². The molecule has 6 nitrogen and oxygen atoms in total. The molecule has 164 valence electrons. The molecule has 1 aromatic heterocycles. The predicted octanol–water partition coefficient (Wildman–Crippen LogP) is 5.11. The number of aromatic nitrogens is 2. The first kappa shape index (κ1) is 21.1. The minimum Gasteiger partial charge on any atom is -0.444 e. The molecule has 1 unspecified atom stereocenters. The van der Waals surface area contributed by atoms with Crippen molar-refractivity contribution in [3.8, 4) is 0 Å². The first-order chi connectivity index (χ1) is 14.2. The van der Waals surface area contributed by atoms with Gasteiger partial charge < -0.3 is 14.4 Å². The molecule has 0 radical (unpaired) electrons. The number of ether oxygens (including phenoxy) is 2. The topological polar surface area (TPSA) is 56.6 Å². The van der Waals surface area contributed by atoms with Crippen molar-refractivity contribution in [1.29, 1.82) is 0 Å². The maximum Gasteiger partial charge on any atom is 0.410 e. The van der Waals surface area contributed by atoms with Crippen molar-refractivity contribution in [1.82, 2.24) is 14.7 Å². The van der Waals surface area contributed by atoms with Gasteiger partial charge in [0.05, 0.1) is 18.3 Å². The van der Waals surface area contributed by atoms with Crippen molar-refractivity contribution in [2.45, 2.75) is 77.3 Å². The van der Waals surface area contributed by atoms with Gasteiger partial charge in [0.25, 0.3) is 0 Å². The summed E-state index contributed by atoms with van der Waals surface area (Å²) >= 11 is 0. The molecule has 0 saturated carbocycles. The van der Waals surface area contributed by atoms with Gasteiger partial charge >= 0.3 is 6.09 Å². The van der Waals surface area contributed by atoms with Crippen LogP contribution in [0.3, 0.4) is 0 Å². The van der Waals surface area contributed by atoms with E-state index in [1.807, 2.05) is 38.6 Å². The number of rotatable bonds is 2. The molecule has 0 aliphatic carbocycles. The van der Waals surface area contributed by atoms with Gasteiger partial charge in [-0.2, -0.15) is 5.10 Å². The van der Waals surface area contributed by atoms with Gasteiger partial charge in [-0.25, -0.2) is 13.9 Å². The van der Waals surface area contributed by atoms with E-state index in [4.69, 9.17) is 9.47 Å². The quantitative estimate of drug-likeness (QED) is 0.682. The maximum atomic E-state index is 15.2. The molecule has 7 heteroatoms. The Kier molecular flexibility index (Phi) is 5.75. The predicted molar refractivity (Wildman–Crippen MR) is 113 cm³/mol. The Morgan fingerprint density at radius 1 is 1.27 bits per heavy atom. The lowest BCUT2D eigenvalue weighted by Gasteiger charge is -2.36. The third-order valence-electron chi connectivity index (χ3n) is 6.00. The number of amides is 1. The lowest BCUT2D eigenvalue weighted by molar-refractivity contribution is -0.0366. The molecule has 2 fully saturated rings. The number of halogens is 1. The second-order valence-electron chi connectivity index (χ2n) is 9.52. The fraction of sp³-hybridized carbons (Fsp3) is 0.652. The zero-order valence-corrected chi connectivity index (χ0v) is 18.4. The van der Waals surface area contributed by atoms with E-state index in [-0.39, 0.29) is 18.7 Å². The fourth-order valence-corrected chi connectivity index (χ4v) is 4.52. The summed E-state index contributed by atoms with van der Waals surface area (Å²) in [5, 5.41) is 5.61. The smallest absolute Gasteiger partial charge is 0.410 e. The number of carbonyl (C=O) groups excluding carboxylic acids is 1. The average molecular weight is 418 g/mol. The van der Waals surface area contributed by atoms with Crippen molar-refractivity contribution in [2.75, 3.05) is 19.7 Å². The van der Waals surface area contributed by atoms with Crippen molar-refractivity contribution in [3.05, 3.63) is 29.5 Å². The summed E-state index contributed by atoms with van der Waals surface area (Å²) in [5.41, 5.74) is 2.46. The number of fused-ring (bicyclic) bond motifs is 1. The number of hydrogen-bond donors (Lipinski definition) is 0. The second kappa shape index (κ2) is 8.17. The normalized spacial score (nSPS) is 25.5. The van der Waals surface area contributed by atoms with Crippen LogP contribution in [-0.4, -0.2) is 52.2 Å². The van der Waals surface area contributed by atoms with Crippen LogP contribution in [0.25, 0.3) is 10.9 Å². The largest absolute Gasteiger partial charge is 0.444 e. The number of carbonyl (C=O) groups is 1. The van der Waals surface area contributed by atoms with Gasteiger partial charge in [0.1, 0.15) is 11.8 Å². The van der Waals surface area contributed by atoms with E-state index < -0.39 is 17.9 Å². The molecule has 2 aliphatic heterocycles. The Balaban J connectivity index is 1.55. The number of piperidine rings is 1. The van der Waals surface area contributed by atoms with Crippen molar-refractivity contribution in [2.24, 2.45) is 0 Å². The molecule has 3 atom stereocenters. The van der Waals surface area contributed by atoms with Crippen LogP contribution in [0.1, 0.15) is 69.7 Å². The summed E-state index contributed by atoms with van der Waals surface area (Å²) in [4.78, 5) is 13.8. The van der Waals surface area contributed by atoms with Gasteiger partial charge in [0.2, 0.25) is 0 Å². The Hall–Kier alpha value is -2.15. The zero-order valence-electron chi connectivity index (χ0n) is 18.4. The molecule has 1 aromatic carbocycles. The van der Waals surface area contributed by atoms with Crippen molar-refractivity contribution in [3.63, 3.8) is 0 Å². The molecule has 0 bridgehead atoms. The Morgan fingerprint density at radius 3 is 2.73 bits per heavy atom. The Bertz CT molecular complexity index is 914. The Morgan fingerprint density at radius 2 is 2.07 bits per heavy atom. The maximum absolute atomic E-state index is 15.2. The lowest BCUT2D eigenvalue weighted by Crippen LogP contribution is -2.46. The molecular formula is C23H32FN3O3. The van der Waals surface area contributed by atoms with Gasteiger partial charge in [0, 0.05) is 24.5 Å². The van der Waals surface area contributed by atoms with E-state index in [1.54, 1.807) is 0 Å². The third-order valence-corrected chi connectivity index (χ3v) is 6.00. The highest BCUT2D eigenvalue weighted by Gasteiger charge is 2.35. The van der Waals surface area contributed by atoms with Crippen LogP contribution >= 0.6 is 0 Å². The molecule has 2 aliphatic rings. The summed E-state index contributed by atoms with van der Waals surface area (Å²) in [6.45, 7) is 8.79. The highest BCUT2D eigenvalue weighted by atomic mass is 19.1. The summed E-state index contributed by atoms with van der Waals surface area (Å²) < 4.78 is 28.5. The van der Waals surface area contributed by atoms with E-state index in [1.165, 1.54) is 4.90 Å². The van der Waals surface area contributed by atoms with Gasteiger partial charge in [0.15, 0.2) is 6.23 Å². The first-order valence-electron chi connectivity index (χ1n) is 10.9. The third kappa shape index (κ3) is 4.31. The molecule has 2 saturated heterocycles. The van der Waals surface area contributed by atoms with Gasteiger partial charge in [-0.15, -0.1) is 0 Å². The van der Waals surface area contributed by atoms with Crippen LogP contribution < -0.4 is 0 Å². The molecule has 30 heavy (non-hydrogen) atoms. The second-order valence-corrected chi connectivity index (χ2v) is 9.52. The first-order valence-corrected chi connectivity index (χ1v) is 10.9. The van der Waals surface area contributed by atoms with E-state index in [0.29, 0.717) is 13.0 Å². The standard InChI is InChI=1S/C23H32FN3O3/c1-15-11-16-13-25-27(21-7-5-6-10-29-21)20(16)12-18(15)17-8-9-26(14-19(17)24)22(28)30-23(2,3)4/h11-13,17,19,21H,5-10,14H2,1-4H3/t17-,19-,21?/m0/s1. The van der Waals surface area contributed by atoms with Crippen LogP contribution in [0, 0.1) is 6.92 Å². The van der Waals surface area contributed by atoms with Gasteiger partial charge in [-0.3, -0.25) is 0 Å². The minimum absolute atomic E-state index is 0.0537. The molecule has 2 aromatic rings. The lowest BCUT2D eigenvalue weighted by atomic mass is 9.85. The highest BCUT2D eigenvalue weighted by molar-refractivity contribution is 5.81. The van der Waals surface area contributed by atoms with Crippen LogP contribution in [0.5, 0.6) is 0 Å². The van der Waals surface area contributed by atoms with Crippen molar-refractivity contribution < 1.29 is 18.7 Å². The fourth-order valence-electron chi connectivity index (χ4n) is 4.52. The zero-order chi connectivity index (χ0) is 21.5. The molecule has 4 rings (SSSR count). The number of hydrogen-bond acceptors (Lipinski definition) is 4. The van der Waals surface area contributed by atoms with Crippen LogP contribution in [-0.2, 0) is 9.47 Å². The number of benzene rings is 1. The Labute approximate surface area is 177 Å². The van der Waals surface area contributed by atoms with Gasteiger partial charge in [-0.05, 0) is 76.6 Å².